The van der Waals surface area contributed by atoms with Crippen LogP contribution in [-0.4, -0.2) is 7.05 Å². The van der Waals surface area contributed by atoms with Gasteiger partial charge in [-0.25, -0.2) is 4.39 Å². The largest absolute Gasteiger partial charge is 0.417 e. The molecule has 0 aliphatic heterocycles. The van der Waals surface area contributed by atoms with Gasteiger partial charge in [0.15, 0.2) is 0 Å². The maximum atomic E-state index is 12.9. The molecule has 1 rings (SSSR count). The first kappa shape index (κ1) is 11.1. The third kappa shape index (κ3) is 2.09. The maximum absolute atomic E-state index is 12.9. The van der Waals surface area contributed by atoms with E-state index in [-0.39, 0.29) is 5.69 Å². The van der Waals surface area contributed by atoms with Crippen LogP contribution in [0.25, 0.3) is 0 Å². The summed E-state index contributed by atoms with van der Waals surface area (Å²) in [6.07, 6.45) is -4.57. The zero-order chi connectivity index (χ0) is 10.9. The molecule has 0 atom stereocenters. The molecular weight excluding hydrogens is 222 g/mol. The lowest BCUT2D eigenvalue weighted by Gasteiger charge is -2.11. The van der Waals surface area contributed by atoms with Gasteiger partial charge in [0.1, 0.15) is 5.82 Å². The molecule has 0 unspecified atom stereocenters. The van der Waals surface area contributed by atoms with Crippen molar-refractivity contribution in [2.24, 2.45) is 0 Å². The molecule has 14 heavy (non-hydrogen) atoms. The van der Waals surface area contributed by atoms with Gasteiger partial charge >= 0.3 is 6.18 Å². The number of hydrogen-bond donors (Lipinski definition) is 1. The highest BCUT2D eigenvalue weighted by molar-refractivity contribution is 6.31. The Labute approximate surface area is 82.7 Å². The molecule has 0 fully saturated rings. The maximum Gasteiger partial charge on any atom is 0.417 e. The van der Waals surface area contributed by atoms with Gasteiger partial charge in [-0.2, -0.15) is 13.2 Å². The minimum Gasteiger partial charge on any atom is -0.386 e. The minimum atomic E-state index is -4.57. The van der Waals surface area contributed by atoms with Crippen LogP contribution in [0.3, 0.4) is 0 Å². The number of anilines is 1. The Morgan fingerprint density at radius 2 is 1.86 bits per heavy atom. The Hall–Kier alpha value is -0.970. The number of rotatable bonds is 1. The quantitative estimate of drug-likeness (QED) is 0.724. The van der Waals surface area contributed by atoms with Crippen LogP contribution in [0.5, 0.6) is 0 Å². The monoisotopic (exact) mass is 227 g/mol. The van der Waals surface area contributed by atoms with Crippen molar-refractivity contribution in [2.45, 2.75) is 6.18 Å². The number of nitrogens with one attached hydrogen (secondary N) is 1. The molecule has 0 radical (unpaired) electrons. The van der Waals surface area contributed by atoms with Crippen LogP contribution < -0.4 is 5.32 Å². The zero-order valence-electron chi connectivity index (χ0n) is 7.04. The molecule has 0 spiro atoms. The van der Waals surface area contributed by atoms with E-state index in [1.54, 1.807) is 0 Å². The molecule has 1 aromatic rings. The van der Waals surface area contributed by atoms with Crippen molar-refractivity contribution in [2.75, 3.05) is 12.4 Å². The van der Waals surface area contributed by atoms with Gasteiger partial charge in [0, 0.05) is 7.05 Å². The number of benzene rings is 1. The van der Waals surface area contributed by atoms with Crippen LogP contribution in [0, 0.1) is 5.82 Å². The molecule has 1 aromatic carbocycles. The van der Waals surface area contributed by atoms with Crippen LogP contribution in [0.2, 0.25) is 5.02 Å². The molecule has 78 valence electrons. The van der Waals surface area contributed by atoms with E-state index in [9.17, 15) is 17.6 Å². The van der Waals surface area contributed by atoms with Crippen molar-refractivity contribution in [3.8, 4) is 0 Å². The van der Waals surface area contributed by atoms with Crippen molar-refractivity contribution >= 4 is 17.3 Å². The Morgan fingerprint density at radius 1 is 1.29 bits per heavy atom. The fourth-order valence-corrected chi connectivity index (χ4v) is 1.22. The summed E-state index contributed by atoms with van der Waals surface area (Å²) in [7, 11) is 1.33. The Bertz CT molecular complexity index is 348. The second kappa shape index (κ2) is 3.65. The first-order valence-corrected chi connectivity index (χ1v) is 3.98. The molecule has 1 nitrogen and oxygen atoms in total. The van der Waals surface area contributed by atoms with Crippen molar-refractivity contribution in [3.63, 3.8) is 0 Å². The smallest absolute Gasteiger partial charge is 0.386 e. The third-order valence-corrected chi connectivity index (χ3v) is 1.94. The molecule has 0 aliphatic carbocycles. The van der Waals surface area contributed by atoms with Gasteiger partial charge < -0.3 is 5.32 Å². The van der Waals surface area contributed by atoms with E-state index in [1.807, 2.05) is 0 Å². The summed E-state index contributed by atoms with van der Waals surface area (Å²) < 4.78 is 49.7. The standard InChI is InChI=1S/C8H6ClF4N/c1-14-7-2-4(8(11,12)13)5(9)3-6(7)10/h2-3,14H,1H3. The summed E-state index contributed by atoms with van der Waals surface area (Å²) in [6.45, 7) is 0. The fraction of sp³-hybridized carbons (Fsp3) is 0.250. The topological polar surface area (TPSA) is 12.0 Å². The van der Waals surface area contributed by atoms with E-state index in [2.05, 4.69) is 5.32 Å². The average molecular weight is 228 g/mol. The van der Waals surface area contributed by atoms with E-state index < -0.39 is 22.6 Å². The van der Waals surface area contributed by atoms with E-state index in [0.29, 0.717) is 12.1 Å². The predicted molar refractivity (Wildman–Crippen MR) is 46.0 cm³/mol. The normalized spacial score (nSPS) is 11.6. The van der Waals surface area contributed by atoms with Crippen molar-refractivity contribution in [1.29, 1.82) is 0 Å². The summed E-state index contributed by atoms with van der Waals surface area (Å²) in [6, 6.07) is 1.27. The van der Waals surface area contributed by atoms with Crippen LogP contribution >= 0.6 is 11.6 Å². The molecule has 1 N–H and O–H groups in total. The summed E-state index contributed by atoms with van der Waals surface area (Å²) in [5.74, 6) is -0.814. The van der Waals surface area contributed by atoms with Gasteiger partial charge in [-0.15, -0.1) is 0 Å². The average Bonchev–Trinajstić information content (AvgIpc) is 2.02. The van der Waals surface area contributed by atoms with Crippen molar-refractivity contribution in [3.05, 3.63) is 28.5 Å². The van der Waals surface area contributed by atoms with E-state index in [1.165, 1.54) is 7.05 Å². The van der Waals surface area contributed by atoms with Gasteiger partial charge in [-0.1, -0.05) is 11.6 Å². The molecule has 0 saturated carbocycles. The molecule has 0 bridgehead atoms. The lowest BCUT2D eigenvalue weighted by molar-refractivity contribution is -0.137. The second-order valence-corrected chi connectivity index (χ2v) is 2.97. The van der Waals surface area contributed by atoms with E-state index in [4.69, 9.17) is 11.6 Å². The predicted octanol–water partition coefficient (Wildman–Crippen LogP) is 3.54. The van der Waals surface area contributed by atoms with Crippen LogP contribution in [0.4, 0.5) is 23.2 Å². The first-order valence-electron chi connectivity index (χ1n) is 3.60. The molecule has 0 saturated heterocycles. The highest BCUT2D eigenvalue weighted by Gasteiger charge is 2.34. The van der Waals surface area contributed by atoms with Crippen molar-refractivity contribution < 1.29 is 17.6 Å². The fourth-order valence-electron chi connectivity index (χ4n) is 0.958. The highest BCUT2D eigenvalue weighted by Crippen LogP contribution is 2.37. The summed E-state index contributed by atoms with van der Waals surface area (Å²) >= 11 is 5.26. The Morgan fingerprint density at radius 3 is 2.29 bits per heavy atom. The molecule has 0 aromatic heterocycles. The number of alkyl halides is 3. The van der Waals surface area contributed by atoms with Gasteiger partial charge in [0.05, 0.1) is 16.3 Å². The lowest BCUT2D eigenvalue weighted by atomic mass is 10.2. The van der Waals surface area contributed by atoms with Gasteiger partial charge in [0.25, 0.3) is 0 Å². The van der Waals surface area contributed by atoms with Crippen molar-refractivity contribution in [1.82, 2.24) is 0 Å². The van der Waals surface area contributed by atoms with E-state index in [0.717, 1.165) is 0 Å². The van der Waals surface area contributed by atoms with Crippen LogP contribution in [0.1, 0.15) is 5.56 Å². The third-order valence-electron chi connectivity index (χ3n) is 1.63. The van der Waals surface area contributed by atoms with E-state index >= 15 is 0 Å². The van der Waals surface area contributed by atoms with Crippen LogP contribution in [0.15, 0.2) is 12.1 Å². The zero-order valence-corrected chi connectivity index (χ0v) is 7.80. The Balaban J connectivity index is 3.32. The molecule has 0 heterocycles. The Kier molecular flexibility index (Phi) is 2.89. The van der Waals surface area contributed by atoms with Crippen LogP contribution in [-0.2, 0) is 6.18 Å². The minimum absolute atomic E-state index is 0.235. The second-order valence-electron chi connectivity index (χ2n) is 2.56. The lowest BCUT2D eigenvalue weighted by Crippen LogP contribution is -2.07. The molecular formula is C8H6ClF4N. The highest BCUT2D eigenvalue weighted by atomic mass is 35.5. The molecule has 6 heteroatoms. The number of hydrogen-bond acceptors (Lipinski definition) is 1. The summed E-state index contributed by atoms with van der Waals surface area (Å²) in [5.41, 5.74) is -1.29. The first-order chi connectivity index (χ1) is 6.36. The van der Waals surface area contributed by atoms with Gasteiger partial charge in [-0.05, 0) is 12.1 Å². The summed E-state index contributed by atoms with van der Waals surface area (Å²) in [5, 5.41) is 1.66. The van der Waals surface area contributed by atoms with Gasteiger partial charge in [-0.3, -0.25) is 0 Å². The summed E-state index contributed by atoms with van der Waals surface area (Å²) in [4.78, 5) is 0. The molecule has 0 amide bonds. The number of halogens is 5. The van der Waals surface area contributed by atoms with Gasteiger partial charge in [0.2, 0.25) is 0 Å². The SMILES string of the molecule is CNc1cc(C(F)(F)F)c(Cl)cc1F. The molecule has 0 aliphatic rings.